The highest BCUT2D eigenvalue weighted by atomic mass is 35.5. The fraction of sp³-hybridized carbons (Fsp3) is 0.353. The van der Waals surface area contributed by atoms with E-state index >= 15 is 0 Å². The number of nitrogens with two attached hydrogens (primary N) is 1. The molecule has 3 rings (SSSR count). The number of aromatic nitrogens is 1. The van der Waals surface area contributed by atoms with E-state index in [4.69, 9.17) is 17.3 Å². The van der Waals surface area contributed by atoms with Crippen LogP contribution in [0.5, 0.6) is 0 Å². The van der Waals surface area contributed by atoms with Gasteiger partial charge in [0.05, 0.1) is 5.02 Å². The van der Waals surface area contributed by atoms with Crippen molar-refractivity contribution in [2.75, 3.05) is 0 Å². The minimum Gasteiger partial charge on any atom is -0.324 e. The Balaban J connectivity index is 1.86. The number of halogens is 1. The summed E-state index contributed by atoms with van der Waals surface area (Å²) in [4.78, 5) is 4.05. The number of benzene rings is 1. The van der Waals surface area contributed by atoms with E-state index in [9.17, 15) is 0 Å². The molecule has 1 aromatic heterocycles. The van der Waals surface area contributed by atoms with Crippen molar-refractivity contribution in [2.45, 2.75) is 31.7 Å². The molecule has 2 N–H and O–H groups in total. The zero-order valence-corrected chi connectivity index (χ0v) is 12.2. The van der Waals surface area contributed by atoms with Gasteiger partial charge in [0.2, 0.25) is 0 Å². The molecule has 2 atom stereocenters. The molecule has 0 saturated carbocycles. The van der Waals surface area contributed by atoms with Crippen molar-refractivity contribution in [3.63, 3.8) is 0 Å². The van der Waals surface area contributed by atoms with Crippen LogP contribution in [-0.4, -0.2) is 4.98 Å². The first-order chi connectivity index (χ1) is 9.75. The van der Waals surface area contributed by atoms with Crippen molar-refractivity contribution in [2.24, 2.45) is 11.7 Å². The van der Waals surface area contributed by atoms with E-state index in [0.29, 0.717) is 5.92 Å². The van der Waals surface area contributed by atoms with Gasteiger partial charge in [-0.15, -0.1) is 0 Å². The molecular weight excluding hydrogens is 268 g/mol. The van der Waals surface area contributed by atoms with Crippen LogP contribution in [0.3, 0.4) is 0 Å². The van der Waals surface area contributed by atoms with E-state index in [1.807, 2.05) is 6.07 Å². The lowest BCUT2D eigenvalue weighted by molar-refractivity contribution is 0.402. The van der Waals surface area contributed by atoms with Crippen LogP contribution in [0, 0.1) is 5.92 Å². The predicted molar refractivity (Wildman–Crippen MR) is 82.7 cm³/mol. The summed E-state index contributed by atoms with van der Waals surface area (Å²) >= 11 is 6.23. The molecular formula is C17H19ClN2. The van der Waals surface area contributed by atoms with Gasteiger partial charge in [-0.1, -0.05) is 35.9 Å². The van der Waals surface area contributed by atoms with Gasteiger partial charge >= 0.3 is 0 Å². The second-order valence-corrected chi connectivity index (χ2v) is 5.96. The Hall–Kier alpha value is -1.38. The van der Waals surface area contributed by atoms with Crippen molar-refractivity contribution >= 4 is 11.6 Å². The van der Waals surface area contributed by atoms with E-state index < -0.39 is 0 Å². The molecule has 1 aromatic carbocycles. The van der Waals surface area contributed by atoms with Crippen molar-refractivity contribution in [3.8, 4) is 0 Å². The summed E-state index contributed by atoms with van der Waals surface area (Å²) in [6.45, 7) is 0. The van der Waals surface area contributed by atoms with Gasteiger partial charge in [-0.3, -0.25) is 4.98 Å². The van der Waals surface area contributed by atoms with Gasteiger partial charge in [0, 0.05) is 18.4 Å². The number of pyridine rings is 1. The lowest BCUT2D eigenvalue weighted by Gasteiger charge is -2.23. The number of hydrogen-bond donors (Lipinski definition) is 1. The maximum Gasteiger partial charge on any atom is 0.0621 e. The maximum atomic E-state index is 6.53. The van der Waals surface area contributed by atoms with Crippen molar-refractivity contribution < 1.29 is 0 Å². The summed E-state index contributed by atoms with van der Waals surface area (Å²) in [5, 5.41) is 0.747. The highest BCUT2D eigenvalue weighted by Crippen LogP contribution is 2.34. The van der Waals surface area contributed by atoms with Gasteiger partial charge in [0.15, 0.2) is 0 Å². The van der Waals surface area contributed by atoms with E-state index in [2.05, 4.69) is 29.2 Å². The van der Waals surface area contributed by atoms with Crippen molar-refractivity contribution in [1.82, 2.24) is 4.98 Å². The molecule has 0 bridgehead atoms. The molecule has 2 aromatic rings. The second kappa shape index (κ2) is 5.94. The van der Waals surface area contributed by atoms with Crippen LogP contribution in [0.4, 0.5) is 0 Å². The maximum absolute atomic E-state index is 6.53. The minimum absolute atomic E-state index is 0.0953. The number of fused-ring (bicyclic) bond motifs is 1. The molecule has 0 saturated heterocycles. The lowest BCUT2D eigenvalue weighted by Crippen LogP contribution is -2.23. The van der Waals surface area contributed by atoms with Crippen LogP contribution >= 0.6 is 11.6 Å². The quantitative estimate of drug-likeness (QED) is 0.850. The van der Waals surface area contributed by atoms with Crippen LogP contribution in [0.25, 0.3) is 0 Å². The van der Waals surface area contributed by atoms with Crippen molar-refractivity contribution in [3.05, 3.63) is 64.4 Å². The molecule has 0 amide bonds. The fourth-order valence-electron chi connectivity index (χ4n) is 3.16. The molecule has 104 valence electrons. The van der Waals surface area contributed by atoms with Gasteiger partial charge in [-0.25, -0.2) is 0 Å². The summed E-state index contributed by atoms with van der Waals surface area (Å²) < 4.78 is 0. The Morgan fingerprint density at radius 3 is 2.95 bits per heavy atom. The summed E-state index contributed by atoms with van der Waals surface area (Å²) in [5.74, 6) is 0.443. The first-order valence-electron chi connectivity index (χ1n) is 7.17. The Kier molecular flexibility index (Phi) is 4.04. The van der Waals surface area contributed by atoms with Gasteiger partial charge < -0.3 is 5.73 Å². The first kappa shape index (κ1) is 13.6. The molecule has 3 heteroatoms. The third kappa shape index (κ3) is 2.72. The molecule has 2 nitrogen and oxygen atoms in total. The lowest BCUT2D eigenvalue weighted by atomic mass is 9.87. The summed E-state index contributed by atoms with van der Waals surface area (Å²) in [7, 11) is 0. The summed E-state index contributed by atoms with van der Waals surface area (Å²) in [5.41, 5.74) is 10.4. The number of aryl methyl sites for hydroxylation is 1. The Morgan fingerprint density at radius 1 is 1.25 bits per heavy atom. The SMILES string of the molecule is NC1c2ccccc2CCCC1Cc1ccncc1Cl. The van der Waals surface area contributed by atoms with Crippen LogP contribution in [0.1, 0.15) is 35.6 Å². The number of rotatable bonds is 2. The van der Waals surface area contributed by atoms with Crippen LogP contribution in [0.2, 0.25) is 5.02 Å². The minimum atomic E-state index is 0.0953. The Bertz CT molecular complexity index is 597. The number of hydrogen-bond acceptors (Lipinski definition) is 2. The monoisotopic (exact) mass is 286 g/mol. The molecule has 1 aliphatic rings. The van der Waals surface area contributed by atoms with Gasteiger partial charge in [0.25, 0.3) is 0 Å². The fourth-order valence-corrected chi connectivity index (χ4v) is 3.35. The largest absolute Gasteiger partial charge is 0.324 e. The van der Waals surface area contributed by atoms with E-state index in [1.54, 1.807) is 12.4 Å². The third-order valence-corrected chi connectivity index (χ3v) is 4.62. The average Bonchev–Trinajstić information content (AvgIpc) is 2.62. The molecule has 2 unspecified atom stereocenters. The zero-order chi connectivity index (χ0) is 13.9. The second-order valence-electron chi connectivity index (χ2n) is 5.55. The standard InChI is InChI=1S/C17H19ClN2/c18-16-11-20-9-8-13(16)10-14-6-3-5-12-4-1-2-7-15(12)17(14)19/h1-2,4,7-9,11,14,17H,3,5-6,10,19H2. The Labute approximate surface area is 125 Å². The predicted octanol–water partition coefficient (Wildman–Crippen LogP) is 3.93. The smallest absolute Gasteiger partial charge is 0.0621 e. The van der Waals surface area contributed by atoms with E-state index in [1.165, 1.54) is 17.5 Å². The van der Waals surface area contributed by atoms with Gasteiger partial charge in [-0.05, 0) is 54.4 Å². The first-order valence-corrected chi connectivity index (χ1v) is 7.55. The van der Waals surface area contributed by atoms with Crippen molar-refractivity contribution in [1.29, 1.82) is 0 Å². The van der Waals surface area contributed by atoms with E-state index in [0.717, 1.165) is 29.8 Å². The molecule has 0 aliphatic heterocycles. The normalized spacial score (nSPS) is 22.1. The third-order valence-electron chi connectivity index (χ3n) is 4.28. The zero-order valence-electron chi connectivity index (χ0n) is 11.4. The van der Waals surface area contributed by atoms with E-state index in [-0.39, 0.29) is 6.04 Å². The van der Waals surface area contributed by atoms with Crippen LogP contribution < -0.4 is 5.73 Å². The molecule has 1 aliphatic carbocycles. The summed E-state index contributed by atoms with van der Waals surface area (Å²) in [6, 6.07) is 10.7. The average molecular weight is 287 g/mol. The highest BCUT2D eigenvalue weighted by molar-refractivity contribution is 6.31. The van der Waals surface area contributed by atoms with Crippen LogP contribution in [-0.2, 0) is 12.8 Å². The van der Waals surface area contributed by atoms with Crippen LogP contribution in [0.15, 0.2) is 42.7 Å². The Morgan fingerprint density at radius 2 is 2.10 bits per heavy atom. The molecule has 1 heterocycles. The molecule has 0 fully saturated rings. The van der Waals surface area contributed by atoms with Gasteiger partial charge in [-0.2, -0.15) is 0 Å². The highest BCUT2D eigenvalue weighted by Gasteiger charge is 2.25. The summed E-state index contributed by atoms with van der Waals surface area (Å²) in [6.07, 6.45) is 7.92. The van der Waals surface area contributed by atoms with Gasteiger partial charge in [0.1, 0.15) is 0 Å². The molecule has 0 spiro atoms. The molecule has 20 heavy (non-hydrogen) atoms. The number of nitrogens with zero attached hydrogens (tertiary/aromatic N) is 1. The topological polar surface area (TPSA) is 38.9 Å². The molecule has 0 radical (unpaired) electrons.